The minimum atomic E-state index is -0.839. The number of carbonyl (C=O) groups is 1. The molecule has 0 bridgehead atoms. The Kier molecular flexibility index (Phi) is 4.95. The average Bonchev–Trinajstić information content (AvgIpc) is 3.35. The van der Waals surface area contributed by atoms with Gasteiger partial charge in [0.25, 0.3) is 5.89 Å². The summed E-state index contributed by atoms with van der Waals surface area (Å²) in [6, 6.07) is 2.76. The molecule has 2 aromatic heterocycles. The van der Waals surface area contributed by atoms with Gasteiger partial charge in [0, 0.05) is 37.4 Å². The maximum absolute atomic E-state index is 13.4. The number of anilines is 2. The highest BCUT2D eigenvalue weighted by Crippen LogP contribution is 2.31. The molecule has 1 aliphatic carbocycles. The van der Waals surface area contributed by atoms with E-state index >= 15 is 0 Å². The number of aliphatic carboxylic acids is 1. The smallest absolute Gasteiger partial charge is 0.318 e. The Hall–Kier alpha value is -3.63. The molecule has 2 N–H and O–H groups in total. The first kappa shape index (κ1) is 20.3. The number of benzene rings is 1. The van der Waals surface area contributed by atoms with Crippen LogP contribution < -0.4 is 10.2 Å². The molecule has 0 saturated carbocycles. The quantitative estimate of drug-likeness (QED) is 0.594. The molecule has 0 radical (unpaired) electrons. The predicted octanol–water partition coefficient (Wildman–Crippen LogP) is 2.54. The Labute approximate surface area is 181 Å². The molecule has 1 atom stereocenters. The molecule has 1 unspecified atom stereocenters. The largest absolute Gasteiger partial charge is 0.481 e. The van der Waals surface area contributed by atoms with Gasteiger partial charge in [-0.25, -0.2) is 18.7 Å². The summed E-state index contributed by atoms with van der Waals surface area (Å²) < 4.78 is 32.5. The Morgan fingerprint density at radius 3 is 2.38 bits per heavy atom. The SMILES string of the molecule is CC(C(=O)O)C1CN(c2nnc(-c3cnc(NC4Cc5cc(F)c(F)cc5C4)nc3)o2)C1. The lowest BCUT2D eigenvalue weighted by molar-refractivity contribution is -0.143. The van der Waals surface area contributed by atoms with Crippen LogP contribution in [-0.2, 0) is 17.6 Å². The Bertz CT molecular complexity index is 1130. The van der Waals surface area contributed by atoms with Crippen molar-refractivity contribution in [1.29, 1.82) is 0 Å². The van der Waals surface area contributed by atoms with E-state index in [9.17, 15) is 13.6 Å². The van der Waals surface area contributed by atoms with E-state index in [0.29, 0.717) is 43.5 Å². The van der Waals surface area contributed by atoms with Crippen molar-refractivity contribution in [3.63, 3.8) is 0 Å². The molecule has 3 heterocycles. The van der Waals surface area contributed by atoms with Crippen LogP contribution in [0.5, 0.6) is 0 Å². The van der Waals surface area contributed by atoms with Crippen LogP contribution in [0.15, 0.2) is 28.9 Å². The van der Waals surface area contributed by atoms with Crippen molar-refractivity contribution in [1.82, 2.24) is 20.2 Å². The van der Waals surface area contributed by atoms with Gasteiger partial charge in [0.05, 0.1) is 11.5 Å². The van der Waals surface area contributed by atoms with Gasteiger partial charge in [0.15, 0.2) is 11.6 Å². The fourth-order valence-corrected chi connectivity index (χ4v) is 4.06. The molecule has 11 heteroatoms. The predicted molar refractivity (Wildman–Crippen MR) is 109 cm³/mol. The summed E-state index contributed by atoms with van der Waals surface area (Å²) in [7, 11) is 0. The molecule has 3 aromatic rings. The summed E-state index contributed by atoms with van der Waals surface area (Å²) in [4.78, 5) is 21.5. The lowest BCUT2D eigenvalue weighted by atomic mass is 9.87. The first-order valence-corrected chi connectivity index (χ1v) is 10.2. The number of carboxylic acid groups (broad SMARTS) is 1. The minimum Gasteiger partial charge on any atom is -0.481 e. The van der Waals surface area contributed by atoms with E-state index in [2.05, 4.69) is 25.5 Å². The standard InChI is InChI=1S/C21H20F2N6O3/c1-10(19(30)31)14-8-29(9-14)21-28-27-18(32-21)13-6-24-20(25-7-13)26-15-2-11-4-16(22)17(23)5-12(11)3-15/h4-7,10,14-15H,2-3,8-9H2,1H3,(H,30,31)(H,24,25,26). The van der Waals surface area contributed by atoms with Gasteiger partial charge in [-0.2, -0.15) is 0 Å². The highest BCUT2D eigenvalue weighted by atomic mass is 19.2. The third kappa shape index (κ3) is 3.74. The van der Waals surface area contributed by atoms with E-state index < -0.39 is 23.5 Å². The lowest BCUT2D eigenvalue weighted by Gasteiger charge is -2.39. The molecular formula is C21H20F2N6O3. The highest BCUT2D eigenvalue weighted by Gasteiger charge is 2.37. The molecule has 1 aliphatic heterocycles. The molecule has 0 amide bonds. The van der Waals surface area contributed by atoms with Gasteiger partial charge in [0.2, 0.25) is 5.95 Å². The van der Waals surface area contributed by atoms with Crippen molar-refractivity contribution in [2.45, 2.75) is 25.8 Å². The monoisotopic (exact) mass is 442 g/mol. The Morgan fingerprint density at radius 1 is 1.16 bits per heavy atom. The van der Waals surface area contributed by atoms with E-state index in [4.69, 9.17) is 9.52 Å². The second-order valence-corrected chi connectivity index (χ2v) is 8.26. The summed E-state index contributed by atoms with van der Waals surface area (Å²) in [5.74, 6) is -2.21. The van der Waals surface area contributed by atoms with E-state index in [1.54, 1.807) is 19.3 Å². The third-order valence-corrected chi connectivity index (χ3v) is 6.10. The van der Waals surface area contributed by atoms with E-state index in [-0.39, 0.29) is 17.9 Å². The van der Waals surface area contributed by atoms with Crippen LogP contribution in [0, 0.1) is 23.5 Å². The zero-order chi connectivity index (χ0) is 22.4. The summed E-state index contributed by atoms with van der Waals surface area (Å²) in [6.07, 6.45) is 4.23. The first-order chi connectivity index (χ1) is 15.4. The van der Waals surface area contributed by atoms with Crippen LogP contribution in [0.2, 0.25) is 0 Å². The highest BCUT2D eigenvalue weighted by molar-refractivity contribution is 5.70. The zero-order valence-corrected chi connectivity index (χ0v) is 17.1. The Morgan fingerprint density at radius 2 is 1.78 bits per heavy atom. The average molecular weight is 442 g/mol. The molecule has 1 aromatic carbocycles. The zero-order valence-electron chi connectivity index (χ0n) is 17.1. The summed E-state index contributed by atoms with van der Waals surface area (Å²) in [6.45, 7) is 2.79. The summed E-state index contributed by atoms with van der Waals surface area (Å²) in [5.41, 5.74) is 2.11. The van der Waals surface area contributed by atoms with E-state index in [1.165, 1.54) is 12.1 Å². The number of halogens is 2. The number of rotatable bonds is 6. The molecule has 0 spiro atoms. The molecule has 2 aliphatic rings. The second kappa shape index (κ2) is 7.81. The first-order valence-electron chi connectivity index (χ1n) is 10.2. The second-order valence-electron chi connectivity index (χ2n) is 8.26. The number of carboxylic acids is 1. The van der Waals surface area contributed by atoms with Crippen LogP contribution in [0.3, 0.4) is 0 Å². The van der Waals surface area contributed by atoms with Crippen LogP contribution in [-0.4, -0.2) is 50.4 Å². The molecule has 1 saturated heterocycles. The molecule has 1 fully saturated rings. The maximum atomic E-state index is 13.4. The van der Waals surface area contributed by atoms with Gasteiger partial charge in [-0.15, -0.1) is 5.10 Å². The molecule has 9 nitrogen and oxygen atoms in total. The van der Waals surface area contributed by atoms with Gasteiger partial charge in [-0.3, -0.25) is 4.79 Å². The van der Waals surface area contributed by atoms with Crippen LogP contribution in [0.1, 0.15) is 18.1 Å². The van der Waals surface area contributed by atoms with Gasteiger partial charge >= 0.3 is 12.0 Å². The van der Waals surface area contributed by atoms with Gasteiger partial charge < -0.3 is 19.7 Å². The fraction of sp³-hybridized carbons (Fsp3) is 0.381. The maximum Gasteiger partial charge on any atom is 0.318 e. The summed E-state index contributed by atoms with van der Waals surface area (Å²) in [5, 5.41) is 20.3. The van der Waals surface area contributed by atoms with Crippen molar-refractivity contribution in [2.75, 3.05) is 23.3 Å². The van der Waals surface area contributed by atoms with Crippen molar-refractivity contribution in [3.05, 3.63) is 47.3 Å². The summed E-state index contributed by atoms with van der Waals surface area (Å²) >= 11 is 0. The molecule has 5 rings (SSSR count). The number of aromatic nitrogens is 4. The fourth-order valence-electron chi connectivity index (χ4n) is 4.06. The molecular weight excluding hydrogens is 422 g/mol. The van der Waals surface area contributed by atoms with Gasteiger partial charge in [0.1, 0.15) is 0 Å². The van der Waals surface area contributed by atoms with Crippen LogP contribution in [0.4, 0.5) is 20.7 Å². The Balaban J connectivity index is 1.19. The molecule has 32 heavy (non-hydrogen) atoms. The van der Waals surface area contributed by atoms with Crippen molar-refractivity contribution in [3.8, 4) is 11.5 Å². The lowest BCUT2D eigenvalue weighted by Crippen LogP contribution is -2.51. The number of nitrogens with zero attached hydrogens (tertiary/aromatic N) is 5. The number of fused-ring (bicyclic) bond motifs is 1. The number of nitrogens with one attached hydrogen (secondary N) is 1. The van der Waals surface area contributed by atoms with Crippen LogP contribution >= 0.6 is 0 Å². The molecule has 166 valence electrons. The topological polar surface area (TPSA) is 117 Å². The van der Waals surface area contributed by atoms with E-state index in [1.807, 2.05) is 4.90 Å². The van der Waals surface area contributed by atoms with Gasteiger partial charge in [-0.05, 0) is 36.1 Å². The van der Waals surface area contributed by atoms with Crippen molar-refractivity contribution in [2.24, 2.45) is 11.8 Å². The van der Waals surface area contributed by atoms with E-state index in [0.717, 1.165) is 11.1 Å². The number of hydrogen-bond acceptors (Lipinski definition) is 8. The number of hydrogen-bond donors (Lipinski definition) is 2. The van der Waals surface area contributed by atoms with Crippen LogP contribution in [0.25, 0.3) is 11.5 Å². The third-order valence-electron chi connectivity index (χ3n) is 6.10. The minimum absolute atomic E-state index is 0.0475. The van der Waals surface area contributed by atoms with Crippen molar-refractivity contribution < 1.29 is 23.1 Å². The normalized spacial score (nSPS) is 17.2. The van der Waals surface area contributed by atoms with Crippen molar-refractivity contribution >= 4 is 17.9 Å². The van der Waals surface area contributed by atoms with Gasteiger partial charge in [-0.1, -0.05) is 12.0 Å².